The van der Waals surface area contributed by atoms with Crippen molar-refractivity contribution in [2.24, 2.45) is 10.4 Å². The van der Waals surface area contributed by atoms with E-state index in [1.165, 1.54) is 12.8 Å². The van der Waals surface area contributed by atoms with Gasteiger partial charge in [-0.2, -0.15) is 0 Å². The van der Waals surface area contributed by atoms with Gasteiger partial charge in [-0.1, -0.05) is 0 Å². The van der Waals surface area contributed by atoms with Crippen LogP contribution in [0.4, 0.5) is 0 Å². The second kappa shape index (κ2) is 9.11. The predicted molar refractivity (Wildman–Crippen MR) is 94.7 cm³/mol. The molecule has 0 spiro atoms. The zero-order valence-corrected chi connectivity index (χ0v) is 15.4. The minimum Gasteiger partial charge on any atom is -0.382 e. The largest absolute Gasteiger partial charge is 0.382 e. The fraction of sp³-hybridized carbons (Fsp3) is 0.882. The predicted octanol–water partition coefficient (Wildman–Crippen LogP) is 1.66. The van der Waals surface area contributed by atoms with Crippen LogP contribution in [0.15, 0.2) is 4.99 Å². The van der Waals surface area contributed by atoms with Gasteiger partial charge in [0.15, 0.2) is 5.96 Å². The molecule has 0 saturated heterocycles. The van der Waals surface area contributed by atoms with Crippen molar-refractivity contribution in [3.05, 3.63) is 0 Å². The number of hydrogen-bond donors (Lipinski definition) is 3. The second-order valence-corrected chi connectivity index (χ2v) is 7.29. The van der Waals surface area contributed by atoms with Gasteiger partial charge in [-0.05, 0) is 59.3 Å². The fourth-order valence-corrected chi connectivity index (χ4v) is 2.35. The van der Waals surface area contributed by atoms with Crippen molar-refractivity contribution in [3.8, 4) is 0 Å². The van der Waals surface area contributed by atoms with Crippen molar-refractivity contribution < 1.29 is 9.53 Å². The summed E-state index contributed by atoms with van der Waals surface area (Å²) in [5.41, 5.74) is 0.120. The van der Waals surface area contributed by atoms with Crippen molar-refractivity contribution in [1.82, 2.24) is 16.0 Å². The minimum atomic E-state index is -0.226. The van der Waals surface area contributed by atoms with E-state index in [0.717, 1.165) is 32.7 Å². The van der Waals surface area contributed by atoms with Gasteiger partial charge in [0.1, 0.15) is 6.54 Å². The normalized spacial score (nSPS) is 16.8. The van der Waals surface area contributed by atoms with Crippen molar-refractivity contribution in [1.29, 1.82) is 0 Å². The van der Waals surface area contributed by atoms with Crippen LogP contribution >= 0.6 is 0 Å². The first-order valence-electron chi connectivity index (χ1n) is 8.71. The van der Waals surface area contributed by atoms with E-state index in [2.05, 4.69) is 20.9 Å². The van der Waals surface area contributed by atoms with Crippen LogP contribution in [0, 0.1) is 5.41 Å². The van der Waals surface area contributed by atoms with Gasteiger partial charge in [-0.3, -0.25) is 4.79 Å². The number of rotatable bonds is 9. The van der Waals surface area contributed by atoms with Gasteiger partial charge in [0, 0.05) is 31.8 Å². The lowest BCUT2D eigenvalue weighted by molar-refractivity contribution is -0.121. The maximum atomic E-state index is 11.9. The lowest BCUT2D eigenvalue weighted by Crippen LogP contribution is -2.44. The molecule has 0 aromatic rings. The molecular weight excluding hydrogens is 292 g/mol. The molecule has 0 atom stereocenters. The minimum absolute atomic E-state index is 0.0628. The third-order valence-corrected chi connectivity index (χ3v) is 3.81. The molecule has 1 saturated carbocycles. The Balaban J connectivity index is 2.42. The zero-order valence-electron chi connectivity index (χ0n) is 15.4. The molecule has 1 aliphatic carbocycles. The van der Waals surface area contributed by atoms with Crippen molar-refractivity contribution in [2.45, 2.75) is 59.4 Å². The van der Waals surface area contributed by atoms with Gasteiger partial charge in [0.25, 0.3) is 0 Å². The number of aliphatic imine (C=N–C) groups is 1. The van der Waals surface area contributed by atoms with E-state index in [1.54, 1.807) is 0 Å². The first kappa shape index (κ1) is 19.7. The molecule has 0 heterocycles. The molecule has 1 rings (SSSR count). The smallest absolute Gasteiger partial charge is 0.242 e. The lowest BCUT2D eigenvalue weighted by atomic mass is 10.0. The van der Waals surface area contributed by atoms with Crippen molar-refractivity contribution >= 4 is 11.9 Å². The summed E-state index contributed by atoms with van der Waals surface area (Å²) in [5.74, 6) is 0.645. The zero-order chi connectivity index (χ0) is 17.3. The number of nitrogens with one attached hydrogen (secondary N) is 3. The van der Waals surface area contributed by atoms with E-state index in [9.17, 15) is 4.79 Å². The Bertz CT molecular complexity index is 398. The molecule has 3 N–H and O–H groups in total. The fourth-order valence-electron chi connectivity index (χ4n) is 2.35. The number of carbonyl (C=O) groups excluding carboxylic acids is 1. The molecule has 134 valence electrons. The molecule has 6 nitrogen and oxygen atoms in total. The van der Waals surface area contributed by atoms with Gasteiger partial charge in [-0.25, -0.2) is 4.99 Å². The molecule has 1 aliphatic rings. The molecular formula is C17H34N4O2. The highest BCUT2D eigenvalue weighted by Gasteiger charge is 2.41. The van der Waals surface area contributed by atoms with E-state index in [-0.39, 0.29) is 18.0 Å². The summed E-state index contributed by atoms with van der Waals surface area (Å²) in [6.45, 7) is 13.3. The van der Waals surface area contributed by atoms with Gasteiger partial charge >= 0.3 is 0 Å². The Kier molecular flexibility index (Phi) is 7.82. The van der Waals surface area contributed by atoms with Crippen LogP contribution in [0.1, 0.15) is 53.9 Å². The highest BCUT2D eigenvalue weighted by molar-refractivity contribution is 5.85. The Labute approximate surface area is 140 Å². The Hall–Kier alpha value is -1.30. The van der Waals surface area contributed by atoms with Crippen LogP contribution < -0.4 is 16.0 Å². The molecule has 0 bridgehead atoms. The molecule has 1 fully saturated rings. The van der Waals surface area contributed by atoms with Crippen molar-refractivity contribution in [3.63, 3.8) is 0 Å². The summed E-state index contributed by atoms with van der Waals surface area (Å²) in [7, 11) is 0. The molecule has 1 amide bonds. The molecule has 0 radical (unpaired) electrons. The van der Waals surface area contributed by atoms with Crippen LogP contribution in [0.2, 0.25) is 0 Å². The highest BCUT2D eigenvalue weighted by atomic mass is 16.5. The van der Waals surface area contributed by atoms with Crippen LogP contribution in [-0.4, -0.2) is 50.3 Å². The summed E-state index contributed by atoms with van der Waals surface area (Å²) in [6, 6.07) is 0. The first-order chi connectivity index (χ1) is 10.8. The number of hydrogen-bond acceptors (Lipinski definition) is 3. The van der Waals surface area contributed by atoms with E-state index >= 15 is 0 Å². The van der Waals surface area contributed by atoms with Crippen molar-refractivity contribution in [2.75, 3.05) is 32.8 Å². The third-order valence-electron chi connectivity index (χ3n) is 3.81. The third kappa shape index (κ3) is 8.79. The summed E-state index contributed by atoms with van der Waals surface area (Å²) in [4.78, 5) is 16.2. The van der Waals surface area contributed by atoms with E-state index in [1.807, 2.05) is 34.6 Å². The van der Waals surface area contributed by atoms with E-state index in [0.29, 0.717) is 11.4 Å². The van der Waals surface area contributed by atoms with Gasteiger partial charge in [0.2, 0.25) is 5.91 Å². The standard InChI is InChI=1S/C17H34N4O2/c1-6-18-15(19-12-14(22)21-16(3,4)5)20-13-17(8-9-17)10-11-23-7-2/h6-13H2,1-5H3,(H,21,22)(H2,18,19,20). The topological polar surface area (TPSA) is 74.8 Å². The Morgan fingerprint density at radius 3 is 2.43 bits per heavy atom. The number of amides is 1. The van der Waals surface area contributed by atoms with E-state index < -0.39 is 0 Å². The number of carbonyl (C=O) groups is 1. The maximum Gasteiger partial charge on any atom is 0.242 e. The molecule has 0 aliphatic heterocycles. The number of ether oxygens (including phenoxy) is 1. The Morgan fingerprint density at radius 1 is 1.22 bits per heavy atom. The van der Waals surface area contributed by atoms with Gasteiger partial charge < -0.3 is 20.7 Å². The summed E-state index contributed by atoms with van der Waals surface area (Å²) >= 11 is 0. The molecule has 0 unspecified atom stereocenters. The number of nitrogens with zero attached hydrogens (tertiary/aromatic N) is 1. The first-order valence-corrected chi connectivity index (χ1v) is 8.71. The quantitative estimate of drug-likeness (QED) is 0.342. The van der Waals surface area contributed by atoms with Crippen LogP contribution in [0.5, 0.6) is 0 Å². The summed E-state index contributed by atoms with van der Waals surface area (Å²) in [5, 5.41) is 9.49. The number of guanidine groups is 1. The second-order valence-electron chi connectivity index (χ2n) is 7.29. The summed E-state index contributed by atoms with van der Waals surface area (Å²) in [6.07, 6.45) is 3.55. The average Bonchev–Trinajstić information content (AvgIpc) is 3.21. The summed E-state index contributed by atoms with van der Waals surface area (Å²) < 4.78 is 5.46. The van der Waals surface area contributed by atoms with Crippen LogP contribution in [0.3, 0.4) is 0 Å². The molecule has 23 heavy (non-hydrogen) atoms. The highest BCUT2D eigenvalue weighted by Crippen LogP contribution is 2.48. The van der Waals surface area contributed by atoms with Crippen LogP contribution in [-0.2, 0) is 9.53 Å². The molecule has 6 heteroatoms. The lowest BCUT2D eigenvalue weighted by Gasteiger charge is -2.20. The maximum absolute atomic E-state index is 11.9. The SMILES string of the molecule is CCNC(=NCC(=O)NC(C)(C)C)NCC1(CCOCC)CC1. The monoisotopic (exact) mass is 326 g/mol. The van der Waals surface area contributed by atoms with E-state index in [4.69, 9.17) is 4.74 Å². The van der Waals surface area contributed by atoms with Crippen LogP contribution in [0.25, 0.3) is 0 Å². The average molecular weight is 326 g/mol. The molecule has 0 aromatic heterocycles. The van der Waals surface area contributed by atoms with Gasteiger partial charge in [-0.15, -0.1) is 0 Å². The Morgan fingerprint density at radius 2 is 1.91 bits per heavy atom. The van der Waals surface area contributed by atoms with Gasteiger partial charge in [0.05, 0.1) is 0 Å². The molecule has 0 aromatic carbocycles.